The summed E-state index contributed by atoms with van der Waals surface area (Å²) in [7, 11) is 1.67. The van der Waals surface area contributed by atoms with Crippen LogP contribution in [0.4, 0.5) is 5.82 Å². The maximum atomic E-state index is 12.3. The van der Waals surface area contributed by atoms with Crippen molar-refractivity contribution in [2.75, 3.05) is 32.5 Å². The van der Waals surface area contributed by atoms with E-state index in [4.69, 9.17) is 10.5 Å². The molecule has 2 N–H and O–H groups in total. The second kappa shape index (κ2) is 7.19. The van der Waals surface area contributed by atoms with Gasteiger partial charge < -0.3 is 15.4 Å². The number of nitrogens with zero attached hydrogens (tertiary/aromatic N) is 3. The van der Waals surface area contributed by atoms with Crippen molar-refractivity contribution >= 4 is 11.7 Å². The zero-order valence-electron chi connectivity index (χ0n) is 15.8. The number of hydrogen-bond donors (Lipinski definition) is 1. The number of benzene rings is 1. The lowest BCUT2D eigenvalue weighted by Gasteiger charge is -2.29. The van der Waals surface area contributed by atoms with Crippen LogP contribution in [0.5, 0.6) is 5.75 Å². The van der Waals surface area contributed by atoms with E-state index in [1.807, 2.05) is 29.2 Å². The summed E-state index contributed by atoms with van der Waals surface area (Å²) < 4.78 is 5.28. The average molecular weight is 366 g/mol. The number of carbonyl (C=O) groups excluding carboxylic acids is 1. The predicted octanol–water partition coefficient (Wildman–Crippen LogP) is 2.32. The number of rotatable bonds is 4. The van der Waals surface area contributed by atoms with E-state index in [0.717, 1.165) is 37.5 Å². The Bertz CT molecular complexity index is 823. The molecular formula is C21H26N4O2. The van der Waals surface area contributed by atoms with Crippen LogP contribution in [-0.2, 0) is 11.3 Å². The van der Waals surface area contributed by atoms with Crippen molar-refractivity contribution in [3.63, 3.8) is 0 Å². The Hall–Kier alpha value is -2.60. The Kier molecular flexibility index (Phi) is 4.74. The van der Waals surface area contributed by atoms with Gasteiger partial charge in [0, 0.05) is 50.8 Å². The highest BCUT2D eigenvalue weighted by Gasteiger charge is 2.48. The molecule has 2 aliphatic heterocycles. The van der Waals surface area contributed by atoms with Crippen LogP contribution < -0.4 is 10.5 Å². The fourth-order valence-corrected chi connectivity index (χ4v) is 4.64. The normalized spacial score (nSPS) is 24.8. The number of likely N-dealkylation sites (tertiary alicyclic amines) is 2. The third-order valence-corrected chi connectivity index (χ3v) is 5.92. The topological polar surface area (TPSA) is 71.7 Å². The molecule has 0 spiro atoms. The minimum absolute atomic E-state index is 0.120. The highest BCUT2D eigenvalue weighted by atomic mass is 16.5. The van der Waals surface area contributed by atoms with E-state index in [-0.39, 0.29) is 11.9 Å². The van der Waals surface area contributed by atoms with E-state index in [0.29, 0.717) is 17.7 Å². The number of ether oxygens (including phenoxy) is 1. The van der Waals surface area contributed by atoms with Crippen molar-refractivity contribution in [2.45, 2.75) is 19.5 Å². The van der Waals surface area contributed by atoms with Gasteiger partial charge in [0.1, 0.15) is 11.6 Å². The van der Waals surface area contributed by atoms with Gasteiger partial charge in [0.15, 0.2) is 0 Å². The Balaban J connectivity index is 1.55. The van der Waals surface area contributed by atoms with Crippen LogP contribution in [0.15, 0.2) is 42.6 Å². The van der Waals surface area contributed by atoms with Crippen molar-refractivity contribution in [2.24, 2.45) is 11.8 Å². The maximum Gasteiger partial charge on any atom is 0.219 e. The molecule has 27 heavy (non-hydrogen) atoms. The van der Waals surface area contributed by atoms with Crippen molar-refractivity contribution in [1.82, 2.24) is 14.8 Å². The number of fused-ring (bicyclic) bond motifs is 1. The number of nitrogens with two attached hydrogens (primary N) is 1. The van der Waals surface area contributed by atoms with Crippen LogP contribution in [0.1, 0.15) is 24.1 Å². The molecule has 2 saturated heterocycles. The second-order valence-corrected chi connectivity index (χ2v) is 7.56. The number of hydrogen-bond acceptors (Lipinski definition) is 5. The van der Waals surface area contributed by atoms with Gasteiger partial charge in [-0.25, -0.2) is 4.98 Å². The summed E-state index contributed by atoms with van der Waals surface area (Å²) in [6, 6.07) is 12.2. The molecule has 3 heterocycles. The SMILES string of the molecule is COc1ccc([C@H]2[C@@H]3CN(Cc4cccnc4N)C[C@@H]3CN2C(C)=O)cc1. The van der Waals surface area contributed by atoms with Crippen LogP contribution in [0.2, 0.25) is 0 Å². The smallest absolute Gasteiger partial charge is 0.219 e. The Morgan fingerprint density at radius 1 is 1.22 bits per heavy atom. The molecule has 0 aliphatic carbocycles. The fourth-order valence-electron chi connectivity index (χ4n) is 4.64. The van der Waals surface area contributed by atoms with Gasteiger partial charge in [0.25, 0.3) is 0 Å². The molecule has 1 amide bonds. The molecular weight excluding hydrogens is 340 g/mol. The van der Waals surface area contributed by atoms with E-state index >= 15 is 0 Å². The minimum Gasteiger partial charge on any atom is -0.497 e. The lowest BCUT2D eigenvalue weighted by molar-refractivity contribution is -0.130. The van der Waals surface area contributed by atoms with Gasteiger partial charge in [-0.1, -0.05) is 18.2 Å². The van der Waals surface area contributed by atoms with Crippen molar-refractivity contribution in [3.8, 4) is 5.75 Å². The molecule has 1 aromatic carbocycles. The molecule has 4 rings (SSSR count). The summed E-state index contributed by atoms with van der Waals surface area (Å²) in [5.41, 5.74) is 8.27. The Morgan fingerprint density at radius 2 is 2.00 bits per heavy atom. The molecule has 2 aromatic rings. The molecule has 0 saturated carbocycles. The first kappa shape index (κ1) is 17.8. The summed E-state index contributed by atoms with van der Waals surface area (Å²) in [6.07, 6.45) is 1.72. The van der Waals surface area contributed by atoms with Crippen LogP contribution in [0.3, 0.4) is 0 Å². The molecule has 3 atom stereocenters. The molecule has 0 bridgehead atoms. The van der Waals surface area contributed by atoms with Crippen molar-refractivity contribution < 1.29 is 9.53 Å². The van der Waals surface area contributed by atoms with E-state index in [9.17, 15) is 4.79 Å². The molecule has 0 unspecified atom stereocenters. The predicted molar refractivity (Wildman–Crippen MR) is 104 cm³/mol. The number of methoxy groups -OCH3 is 1. The average Bonchev–Trinajstić information content (AvgIpc) is 3.21. The summed E-state index contributed by atoms with van der Waals surface area (Å²) in [6.45, 7) is 5.23. The van der Waals surface area contributed by atoms with Gasteiger partial charge in [0.05, 0.1) is 13.2 Å². The van der Waals surface area contributed by atoms with Gasteiger partial charge in [-0.15, -0.1) is 0 Å². The molecule has 6 heteroatoms. The maximum absolute atomic E-state index is 12.3. The molecule has 2 aliphatic rings. The summed E-state index contributed by atoms with van der Waals surface area (Å²) in [4.78, 5) is 20.9. The van der Waals surface area contributed by atoms with Gasteiger partial charge in [-0.2, -0.15) is 0 Å². The van der Waals surface area contributed by atoms with Gasteiger partial charge >= 0.3 is 0 Å². The molecule has 2 fully saturated rings. The summed E-state index contributed by atoms with van der Waals surface area (Å²) in [5.74, 6) is 2.50. The second-order valence-electron chi connectivity index (χ2n) is 7.56. The van der Waals surface area contributed by atoms with Crippen molar-refractivity contribution in [3.05, 3.63) is 53.7 Å². The first-order valence-electron chi connectivity index (χ1n) is 9.39. The van der Waals surface area contributed by atoms with Crippen LogP contribution in [0, 0.1) is 11.8 Å². The van der Waals surface area contributed by atoms with E-state index in [1.165, 1.54) is 5.56 Å². The third-order valence-electron chi connectivity index (χ3n) is 5.92. The third kappa shape index (κ3) is 3.37. The van der Waals surface area contributed by atoms with E-state index < -0.39 is 0 Å². The quantitative estimate of drug-likeness (QED) is 0.899. The lowest BCUT2D eigenvalue weighted by atomic mass is 9.89. The summed E-state index contributed by atoms with van der Waals surface area (Å²) in [5, 5.41) is 0. The van der Waals surface area contributed by atoms with Gasteiger partial charge in [-0.05, 0) is 29.7 Å². The van der Waals surface area contributed by atoms with Crippen LogP contribution in [-0.4, -0.2) is 47.4 Å². The monoisotopic (exact) mass is 366 g/mol. The lowest BCUT2D eigenvalue weighted by Crippen LogP contribution is -2.34. The van der Waals surface area contributed by atoms with E-state index in [1.54, 1.807) is 20.2 Å². The van der Waals surface area contributed by atoms with Crippen LogP contribution in [0.25, 0.3) is 0 Å². The zero-order chi connectivity index (χ0) is 19.0. The molecule has 1 aromatic heterocycles. The van der Waals surface area contributed by atoms with Crippen LogP contribution >= 0.6 is 0 Å². The number of anilines is 1. The fraction of sp³-hybridized carbons (Fsp3) is 0.429. The standard InChI is InChI=1S/C21H26N4O2/c1-14(26)25-12-17-11-24(10-16-4-3-9-23-21(16)22)13-19(17)20(25)15-5-7-18(27-2)8-6-15/h3-9,17,19-20H,10-13H2,1-2H3,(H2,22,23)/t17-,19-,20+/m1/s1. The number of nitrogen functional groups attached to an aromatic ring is 1. The van der Waals surface area contributed by atoms with Gasteiger partial charge in [-0.3, -0.25) is 9.69 Å². The first-order valence-corrected chi connectivity index (χ1v) is 9.39. The molecule has 0 radical (unpaired) electrons. The number of pyridine rings is 1. The highest BCUT2D eigenvalue weighted by molar-refractivity contribution is 5.74. The minimum atomic E-state index is 0.120. The highest BCUT2D eigenvalue weighted by Crippen LogP contribution is 2.45. The molecule has 6 nitrogen and oxygen atoms in total. The number of carbonyl (C=O) groups is 1. The number of aromatic nitrogens is 1. The first-order chi connectivity index (χ1) is 13.1. The largest absolute Gasteiger partial charge is 0.497 e. The Labute approximate surface area is 159 Å². The molecule has 142 valence electrons. The summed E-state index contributed by atoms with van der Waals surface area (Å²) >= 11 is 0. The van der Waals surface area contributed by atoms with Crippen molar-refractivity contribution in [1.29, 1.82) is 0 Å². The van der Waals surface area contributed by atoms with E-state index in [2.05, 4.69) is 22.0 Å². The number of amides is 1. The Morgan fingerprint density at radius 3 is 2.67 bits per heavy atom. The zero-order valence-corrected chi connectivity index (χ0v) is 15.8. The van der Waals surface area contributed by atoms with Gasteiger partial charge in [0.2, 0.25) is 5.91 Å².